The lowest BCUT2D eigenvalue weighted by atomic mass is 10.4. The number of nitrogens with zero attached hydrogens (tertiary/aromatic N) is 3. The van der Waals surface area contributed by atoms with E-state index in [0.29, 0.717) is 18.1 Å². The van der Waals surface area contributed by atoms with Gasteiger partial charge in [-0.2, -0.15) is 11.8 Å². The fourth-order valence-corrected chi connectivity index (χ4v) is 4.99. The molecule has 2 heterocycles. The Morgan fingerprint density at radius 3 is 2.78 bits per heavy atom. The van der Waals surface area contributed by atoms with E-state index in [2.05, 4.69) is 10.2 Å². The largest absolute Gasteiger partial charge is 0.374 e. The lowest BCUT2D eigenvalue weighted by Crippen LogP contribution is -2.49. The molecular formula is C8H12N4O3S3. The van der Waals surface area contributed by atoms with Crippen LogP contribution in [0.2, 0.25) is 0 Å². The summed E-state index contributed by atoms with van der Waals surface area (Å²) >= 11 is 2.49. The van der Waals surface area contributed by atoms with Crippen LogP contribution in [-0.2, 0) is 9.84 Å². The smallest absolute Gasteiger partial charge is 0.286 e. The summed E-state index contributed by atoms with van der Waals surface area (Å²) in [6, 6.07) is 0. The first kappa shape index (κ1) is 13.6. The summed E-state index contributed by atoms with van der Waals surface area (Å²) in [5, 5.41) is 6.75. The molecule has 1 aromatic rings. The predicted molar refractivity (Wildman–Crippen MR) is 71.3 cm³/mol. The number of thioether (sulfide) groups is 1. The summed E-state index contributed by atoms with van der Waals surface area (Å²) in [6.45, 7) is 0.390. The summed E-state index contributed by atoms with van der Waals surface area (Å²) < 4.78 is 23.3. The van der Waals surface area contributed by atoms with Crippen LogP contribution in [-0.4, -0.2) is 59.1 Å². The molecule has 100 valence electrons. The fraction of sp³-hybridized carbons (Fsp3) is 0.625. The Labute approximate surface area is 113 Å². The molecule has 7 nitrogen and oxygen atoms in total. The zero-order chi connectivity index (χ0) is 13.3. The number of nitrogen functional groups attached to an aromatic ring is 1. The molecule has 1 saturated heterocycles. The van der Waals surface area contributed by atoms with E-state index < -0.39 is 21.1 Å². The van der Waals surface area contributed by atoms with Gasteiger partial charge in [-0.15, -0.1) is 10.2 Å². The Bertz CT molecular complexity index is 556. The van der Waals surface area contributed by atoms with Crippen molar-refractivity contribution < 1.29 is 13.2 Å². The molecule has 0 spiro atoms. The van der Waals surface area contributed by atoms with E-state index in [4.69, 9.17) is 5.73 Å². The zero-order valence-electron chi connectivity index (χ0n) is 9.57. The molecule has 1 atom stereocenters. The van der Waals surface area contributed by atoms with Crippen LogP contribution in [0.25, 0.3) is 0 Å². The van der Waals surface area contributed by atoms with Gasteiger partial charge in [0.05, 0.1) is 0 Å². The minimum atomic E-state index is -3.31. The molecular weight excluding hydrogens is 296 g/mol. The number of nitrogens with two attached hydrogens (primary N) is 1. The third kappa shape index (κ3) is 2.75. The van der Waals surface area contributed by atoms with Crippen LogP contribution in [0.3, 0.4) is 0 Å². The molecule has 0 bridgehead atoms. The molecule has 1 aromatic heterocycles. The summed E-state index contributed by atoms with van der Waals surface area (Å²) in [6.07, 6.45) is 1.14. The molecule has 2 N–H and O–H groups in total. The van der Waals surface area contributed by atoms with Crippen molar-refractivity contribution in [2.24, 2.45) is 0 Å². The van der Waals surface area contributed by atoms with Gasteiger partial charge >= 0.3 is 0 Å². The first-order valence-electron chi connectivity index (χ1n) is 5.06. The number of carbonyl (C=O) groups excluding carboxylic acids is 1. The average Bonchev–Trinajstić information content (AvgIpc) is 2.74. The number of rotatable bonds is 2. The van der Waals surface area contributed by atoms with Crippen molar-refractivity contribution >= 4 is 44.0 Å². The van der Waals surface area contributed by atoms with Crippen molar-refractivity contribution in [3.05, 3.63) is 5.01 Å². The second-order valence-corrected chi connectivity index (χ2v) is 8.17. The monoisotopic (exact) mass is 308 g/mol. The third-order valence-electron chi connectivity index (χ3n) is 2.46. The minimum Gasteiger partial charge on any atom is -0.374 e. The number of sulfone groups is 1. The van der Waals surface area contributed by atoms with Gasteiger partial charge in [0, 0.05) is 24.3 Å². The van der Waals surface area contributed by atoms with Gasteiger partial charge in [0.1, 0.15) is 5.37 Å². The van der Waals surface area contributed by atoms with E-state index >= 15 is 0 Å². The number of hydrogen-bond donors (Lipinski definition) is 1. The van der Waals surface area contributed by atoms with E-state index in [9.17, 15) is 13.2 Å². The Hall–Kier alpha value is -0.870. The SMILES string of the molecule is CS(=O)(=O)C1CSCCN1C(=O)c1nnc(N)s1. The number of aromatic nitrogens is 2. The molecule has 0 saturated carbocycles. The number of hydrogen-bond acceptors (Lipinski definition) is 8. The van der Waals surface area contributed by atoms with E-state index in [-0.39, 0.29) is 10.1 Å². The van der Waals surface area contributed by atoms with E-state index in [1.165, 1.54) is 16.7 Å². The highest BCUT2D eigenvalue weighted by Gasteiger charge is 2.35. The minimum absolute atomic E-state index is 0.132. The van der Waals surface area contributed by atoms with Crippen LogP contribution < -0.4 is 5.73 Å². The van der Waals surface area contributed by atoms with E-state index in [1.807, 2.05) is 0 Å². The van der Waals surface area contributed by atoms with Crippen LogP contribution in [0.15, 0.2) is 0 Å². The molecule has 0 aromatic carbocycles. The zero-order valence-corrected chi connectivity index (χ0v) is 12.0. The molecule has 1 fully saturated rings. The molecule has 10 heteroatoms. The normalized spacial score (nSPS) is 20.9. The van der Waals surface area contributed by atoms with E-state index in [0.717, 1.165) is 17.6 Å². The number of amides is 1. The highest BCUT2D eigenvalue weighted by molar-refractivity contribution is 8.00. The van der Waals surface area contributed by atoms with Gasteiger partial charge in [-0.1, -0.05) is 11.3 Å². The van der Waals surface area contributed by atoms with Gasteiger partial charge in [0.25, 0.3) is 5.91 Å². The third-order valence-corrected chi connectivity index (χ3v) is 5.85. The molecule has 1 amide bonds. The fourth-order valence-electron chi connectivity index (χ4n) is 1.61. The quantitative estimate of drug-likeness (QED) is 0.798. The lowest BCUT2D eigenvalue weighted by molar-refractivity contribution is 0.0748. The van der Waals surface area contributed by atoms with Crippen molar-refractivity contribution in [2.45, 2.75) is 5.37 Å². The van der Waals surface area contributed by atoms with Gasteiger partial charge < -0.3 is 10.6 Å². The summed E-state index contributed by atoms with van der Waals surface area (Å²) in [5.74, 6) is 0.685. The summed E-state index contributed by atoms with van der Waals surface area (Å²) in [5.41, 5.74) is 5.42. The predicted octanol–water partition coefficient (Wildman–Crippen LogP) is -0.320. The maximum atomic E-state index is 12.2. The van der Waals surface area contributed by atoms with Crippen LogP contribution in [0.1, 0.15) is 9.80 Å². The van der Waals surface area contributed by atoms with Gasteiger partial charge in [-0.3, -0.25) is 4.79 Å². The topological polar surface area (TPSA) is 106 Å². The average molecular weight is 308 g/mol. The highest BCUT2D eigenvalue weighted by Crippen LogP contribution is 2.23. The van der Waals surface area contributed by atoms with Crippen LogP contribution in [0.4, 0.5) is 5.13 Å². The molecule has 1 unspecified atom stereocenters. The van der Waals surface area contributed by atoms with Gasteiger partial charge in [-0.05, 0) is 0 Å². The Balaban J connectivity index is 2.27. The number of carbonyl (C=O) groups is 1. The summed E-state index contributed by atoms with van der Waals surface area (Å²) in [7, 11) is -3.31. The second kappa shape index (κ2) is 5.02. The Kier molecular flexibility index (Phi) is 3.78. The van der Waals surface area contributed by atoms with Crippen molar-refractivity contribution in [1.82, 2.24) is 15.1 Å². The van der Waals surface area contributed by atoms with Crippen molar-refractivity contribution in [1.29, 1.82) is 0 Å². The maximum Gasteiger partial charge on any atom is 0.286 e. The van der Waals surface area contributed by atoms with Crippen LogP contribution in [0, 0.1) is 0 Å². The van der Waals surface area contributed by atoms with E-state index in [1.54, 1.807) is 0 Å². The van der Waals surface area contributed by atoms with Crippen LogP contribution in [0.5, 0.6) is 0 Å². The second-order valence-electron chi connectivity index (χ2n) is 3.80. The summed E-state index contributed by atoms with van der Waals surface area (Å²) in [4.78, 5) is 13.5. The Morgan fingerprint density at radius 2 is 2.22 bits per heavy atom. The first-order chi connectivity index (χ1) is 8.39. The van der Waals surface area contributed by atoms with Crippen molar-refractivity contribution in [3.63, 3.8) is 0 Å². The van der Waals surface area contributed by atoms with Crippen molar-refractivity contribution in [3.8, 4) is 0 Å². The number of anilines is 1. The highest BCUT2D eigenvalue weighted by atomic mass is 32.2. The Morgan fingerprint density at radius 1 is 1.50 bits per heavy atom. The molecule has 0 radical (unpaired) electrons. The van der Waals surface area contributed by atoms with Gasteiger partial charge in [0.15, 0.2) is 9.84 Å². The molecule has 0 aliphatic carbocycles. The van der Waals surface area contributed by atoms with Gasteiger partial charge in [0.2, 0.25) is 10.1 Å². The van der Waals surface area contributed by atoms with Crippen molar-refractivity contribution in [2.75, 3.05) is 30.0 Å². The van der Waals surface area contributed by atoms with Crippen LogP contribution >= 0.6 is 23.1 Å². The standard InChI is InChI=1S/C8H12N4O3S3/c1-18(14,15)5-4-16-3-2-12(5)7(13)6-10-11-8(9)17-6/h5H,2-4H2,1H3,(H2,9,11). The lowest BCUT2D eigenvalue weighted by Gasteiger charge is -2.33. The molecule has 2 rings (SSSR count). The molecule has 1 aliphatic rings. The van der Waals surface area contributed by atoms with Gasteiger partial charge in [-0.25, -0.2) is 8.42 Å². The molecule has 1 aliphatic heterocycles. The maximum absolute atomic E-state index is 12.2. The molecule has 18 heavy (non-hydrogen) atoms. The first-order valence-corrected chi connectivity index (χ1v) is 8.98.